The van der Waals surface area contributed by atoms with E-state index < -0.39 is 0 Å². The van der Waals surface area contributed by atoms with E-state index in [0.717, 1.165) is 24.3 Å². The average Bonchev–Trinajstić information content (AvgIpc) is 2.85. The molecule has 0 aliphatic heterocycles. The van der Waals surface area contributed by atoms with Crippen molar-refractivity contribution in [2.75, 3.05) is 18.9 Å². The minimum atomic E-state index is -0.0556. The Balaban J connectivity index is 0.00000180. The summed E-state index contributed by atoms with van der Waals surface area (Å²) in [5.74, 6) is 0.717. The third kappa shape index (κ3) is 4.73. The highest BCUT2D eigenvalue weighted by molar-refractivity contribution is 5.93. The van der Waals surface area contributed by atoms with Crippen LogP contribution in [0.25, 0.3) is 0 Å². The smallest absolute Gasteiger partial charge is 0.238 e. The number of hydrogen-bond acceptors (Lipinski definition) is 3. The second-order valence-corrected chi connectivity index (χ2v) is 4.60. The topological polar surface area (TPSA) is 50.4 Å². The van der Waals surface area contributed by atoms with Gasteiger partial charge in [0.2, 0.25) is 5.91 Å². The standard InChI is InChI=1S/C14H20N2O2.ClH/c1-15-10-14(17)16-12-8-4-5-9-13(12)18-11-6-2-3-7-11;/h4-5,8-9,11,15H,2-3,6-7,10H2,1H3,(H,16,17);1H. The van der Waals surface area contributed by atoms with Crippen molar-refractivity contribution in [3.8, 4) is 5.75 Å². The number of likely N-dealkylation sites (N-methyl/N-ethyl adjacent to an activating group) is 1. The summed E-state index contributed by atoms with van der Waals surface area (Å²) in [7, 11) is 1.75. The molecule has 2 N–H and O–H groups in total. The summed E-state index contributed by atoms with van der Waals surface area (Å²) in [5.41, 5.74) is 0.754. The molecule has 1 aromatic carbocycles. The number of carbonyl (C=O) groups is 1. The molecule has 106 valence electrons. The van der Waals surface area contributed by atoms with E-state index in [2.05, 4.69) is 10.6 Å². The number of hydrogen-bond donors (Lipinski definition) is 2. The third-order valence-corrected chi connectivity index (χ3v) is 3.09. The van der Waals surface area contributed by atoms with Crippen molar-refractivity contribution in [1.29, 1.82) is 0 Å². The summed E-state index contributed by atoms with van der Waals surface area (Å²) < 4.78 is 5.95. The summed E-state index contributed by atoms with van der Waals surface area (Å²) in [6, 6.07) is 7.61. The quantitative estimate of drug-likeness (QED) is 0.874. The minimum Gasteiger partial charge on any atom is -0.488 e. The van der Waals surface area contributed by atoms with Gasteiger partial charge in [-0.05, 0) is 44.9 Å². The first-order chi connectivity index (χ1) is 8.79. The lowest BCUT2D eigenvalue weighted by Gasteiger charge is -2.16. The number of benzene rings is 1. The fourth-order valence-corrected chi connectivity index (χ4v) is 2.21. The molecule has 19 heavy (non-hydrogen) atoms. The fraction of sp³-hybridized carbons (Fsp3) is 0.500. The molecule has 1 aliphatic carbocycles. The number of rotatable bonds is 5. The number of para-hydroxylation sites is 2. The number of nitrogens with one attached hydrogen (secondary N) is 2. The Morgan fingerprint density at radius 2 is 2.00 bits per heavy atom. The van der Waals surface area contributed by atoms with Crippen molar-refractivity contribution in [2.45, 2.75) is 31.8 Å². The van der Waals surface area contributed by atoms with Crippen LogP contribution in [-0.2, 0) is 4.79 Å². The zero-order valence-electron chi connectivity index (χ0n) is 11.1. The first kappa shape index (κ1) is 15.8. The molecular formula is C14H21ClN2O2. The molecule has 2 rings (SSSR count). The molecule has 0 heterocycles. The lowest BCUT2D eigenvalue weighted by Crippen LogP contribution is -2.25. The van der Waals surface area contributed by atoms with Gasteiger partial charge < -0.3 is 15.4 Å². The molecule has 0 saturated heterocycles. The normalized spacial score (nSPS) is 14.8. The minimum absolute atomic E-state index is 0. The summed E-state index contributed by atoms with van der Waals surface area (Å²) in [5, 5.41) is 5.69. The van der Waals surface area contributed by atoms with Gasteiger partial charge in [0.25, 0.3) is 0 Å². The summed E-state index contributed by atoms with van der Waals surface area (Å²) in [6.45, 7) is 0.303. The van der Waals surface area contributed by atoms with Crippen molar-refractivity contribution in [3.05, 3.63) is 24.3 Å². The zero-order valence-corrected chi connectivity index (χ0v) is 12.0. The maximum absolute atomic E-state index is 11.6. The molecule has 0 atom stereocenters. The molecule has 1 fully saturated rings. The monoisotopic (exact) mass is 284 g/mol. The molecule has 1 aliphatic rings. The van der Waals surface area contributed by atoms with E-state index in [1.807, 2.05) is 24.3 Å². The van der Waals surface area contributed by atoms with Crippen LogP contribution in [-0.4, -0.2) is 25.6 Å². The Hall–Kier alpha value is -1.26. The van der Waals surface area contributed by atoms with Crippen molar-refractivity contribution >= 4 is 24.0 Å². The van der Waals surface area contributed by atoms with Crippen LogP contribution in [0.2, 0.25) is 0 Å². The van der Waals surface area contributed by atoms with Gasteiger partial charge in [0.15, 0.2) is 0 Å². The summed E-state index contributed by atoms with van der Waals surface area (Å²) in [6.07, 6.45) is 4.99. The van der Waals surface area contributed by atoms with E-state index in [1.54, 1.807) is 7.05 Å². The van der Waals surface area contributed by atoms with Crippen molar-refractivity contribution in [2.24, 2.45) is 0 Å². The Kier molecular flexibility index (Phi) is 6.67. The van der Waals surface area contributed by atoms with Crippen molar-refractivity contribution in [3.63, 3.8) is 0 Å². The Labute approximate surface area is 120 Å². The van der Waals surface area contributed by atoms with Gasteiger partial charge in [0.1, 0.15) is 5.75 Å². The number of amides is 1. The Bertz CT molecular complexity index is 406. The van der Waals surface area contributed by atoms with Gasteiger partial charge in [-0.15, -0.1) is 12.4 Å². The summed E-state index contributed by atoms with van der Waals surface area (Å²) in [4.78, 5) is 11.6. The van der Waals surface area contributed by atoms with Gasteiger partial charge in [-0.3, -0.25) is 4.79 Å². The SMILES string of the molecule is CNCC(=O)Nc1ccccc1OC1CCCC1.Cl. The third-order valence-electron chi connectivity index (χ3n) is 3.09. The zero-order chi connectivity index (χ0) is 12.8. The Morgan fingerprint density at radius 3 is 2.68 bits per heavy atom. The molecule has 0 spiro atoms. The largest absolute Gasteiger partial charge is 0.488 e. The number of anilines is 1. The van der Waals surface area contributed by atoms with Crippen molar-refractivity contribution < 1.29 is 9.53 Å². The number of halogens is 1. The lowest BCUT2D eigenvalue weighted by molar-refractivity contribution is -0.115. The van der Waals surface area contributed by atoms with Crippen molar-refractivity contribution in [1.82, 2.24) is 5.32 Å². The first-order valence-electron chi connectivity index (χ1n) is 6.49. The second kappa shape index (κ2) is 8.02. The number of ether oxygens (including phenoxy) is 1. The Morgan fingerprint density at radius 1 is 1.32 bits per heavy atom. The van der Waals surface area contributed by atoms with Crippen LogP contribution in [0.15, 0.2) is 24.3 Å². The van der Waals surface area contributed by atoms with Gasteiger partial charge in [-0.1, -0.05) is 12.1 Å². The molecule has 0 unspecified atom stereocenters. The van der Waals surface area contributed by atoms with Crippen LogP contribution >= 0.6 is 12.4 Å². The van der Waals surface area contributed by atoms with E-state index in [4.69, 9.17) is 4.74 Å². The summed E-state index contributed by atoms with van der Waals surface area (Å²) >= 11 is 0. The van der Waals surface area contributed by atoms with Crippen LogP contribution < -0.4 is 15.4 Å². The molecule has 0 bridgehead atoms. The van der Waals surface area contributed by atoms with Gasteiger partial charge in [0, 0.05) is 0 Å². The van der Waals surface area contributed by atoms with Gasteiger partial charge >= 0.3 is 0 Å². The van der Waals surface area contributed by atoms with Gasteiger partial charge in [-0.25, -0.2) is 0 Å². The molecule has 1 amide bonds. The maximum Gasteiger partial charge on any atom is 0.238 e. The second-order valence-electron chi connectivity index (χ2n) is 4.60. The molecule has 5 heteroatoms. The van der Waals surface area contributed by atoms with Crippen LogP contribution in [0.1, 0.15) is 25.7 Å². The van der Waals surface area contributed by atoms with Crippen LogP contribution in [0, 0.1) is 0 Å². The predicted molar refractivity (Wildman–Crippen MR) is 79.1 cm³/mol. The van der Waals surface area contributed by atoms with Gasteiger partial charge in [0.05, 0.1) is 18.3 Å². The van der Waals surface area contributed by atoms with E-state index >= 15 is 0 Å². The van der Waals surface area contributed by atoms with E-state index in [1.165, 1.54) is 12.8 Å². The molecule has 1 aromatic rings. The molecule has 1 saturated carbocycles. The van der Waals surface area contributed by atoms with Gasteiger partial charge in [-0.2, -0.15) is 0 Å². The fourth-order valence-electron chi connectivity index (χ4n) is 2.21. The highest BCUT2D eigenvalue weighted by atomic mass is 35.5. The van der Waals surface area contributed by atoms with Crippen LogP contribution in [0.5, 0.6) is 5.75 Å². The first-order valence-corrected chi connectivity index (χ1v) is 6.49. The van der Waals surface area contributed by atoms with E-state index in [9.17, 15) is 4.79 Å². The van der Waals surface area contributed by atoms with E-state index in [0.29, 0.717) is 12.6 Å². The number of carbonyl (C=O) groups excluding carboxylic acids is 1. The van der Waals surface area contributed by atoms with E-state index in [-0.39, 0.29) is 18.3 Å². The highest BCUT2D eigenvalue weighted by Crippen LogP contribution is 2.29. The molecule has 0 radical (unpaired) electrons. The van der Waals surface area contributed by atoms with Crippen LogP contribution in [0.3, 0.4) is 0 Å². The molecule has 0 aromatic heterocycles. The predicted octanol–water partition coefficient (Wildman–Crippen LogP) is 2.59. The van der Waals surface area contributed by atoms with Crippen LogP contribution in [0.4, 0.5) is 5.69 Å². The lowest BCUT2D eigenvalue weighted by atomic mass is 10.2. The maximum atomic E-state index is 11.6. The highest BCUT2D eigenvalue weighted by Gasteiger charge is 2.18. The molecule has 4 nitrogen and oxygen atoms in total. The molecular weight excluding hydrogens is 264 g/mol. The average molecular weight is 285 g/mol.